The molecule has 1 aliphatic rings. The first kappa shape index (κ1) is 32.1. The minimum Gasteiger partial charge on any atom is -0.310 e. The molecule has 0 aromatic heterocycles. The van der Waals surface area contributed by atoms with E-state index in [2.05, 4.69) is 207 Å². The minimum absolute atomic E-state index is 1.15. The quantitative estimate of drug-likeness (QED) is 0.126. The number of hydrogen-bond donors (Lipinski definition) is 0. The second-order valence-electron chi connectivity index (χ2n) is 15.7. The molecule has 11 aromatic carbocycles. The molecule has 0 spiro atoms. The summed E-state index contributed by atoms with van der Waals surface area (Å²) >= 11 is 0. The summed E-state index contributed by atoms with van der Waals surface area (Å²) in [6, 6.07) is 69.9. The van der Waals surface area contributed by atoms with Crippen LogP contribution in [-0.4, -0.2) is 0 Å². The zero-order chi connectivity index (χ0) is 37.8. The van der Waals surface area contributed by atoms with E-state index in [1.807, 2.05) is 0 Å². The highest BCUT2D eigenvalue weighted by Crippen LogP contribution is 2.55. The molecule has 0 atom stereocenters. The van der Waals surface area contributed by atoms with Gasteiger partial charge in [0.25, 0.3) is 0 Å². The Morgan fingerprint density at radius 3 is 1.23 bits per heavy atom. The number of fused-ring (bicyclic) bond motifs is 6. The number of aryl methyl sites for hydroxylation is 2. The van der Waals surface area contributed by atoms with Crippen LogP contribution in [0.3, 0.4) is 0 Å². The monoisotopic (exact) mass is 723 g/mol. The van der Waals surface area contributed by atoms with Crippen LogP contribution in [0.2, 0.25) is 0 Å². The Morgan fingerprint density at radius 2 is 0.737 bits per heavy atom. The number of para-hydroxylation sites is 2. The van der Waals surface area contributed by atoms with Gasteiger partial charge >= 0.3 is 0 Å². The topological polar surface area (TPSA) is 3.24 Å². The van der Waals surface area contributed by atoms with Gasteiger partial charge in [0, 0.05) is 16.8 Å². The summed E-state index contributed by atoms with van der Waals surface area (Å²) < 4.78 is 0. The smallest absolute Gasteiger partial charge is 0.0569 e. The summed E-state index contributed by atoms with van der Waals surface area (Å²) in [5.74, 6) is 0. The van der Waals surface area contributed by atoms with Gasteiger partial charge in [0.2, 0.25) is 0 Å². The lowest BCUT2D eigenvalue weighted by Crippen LogP contribution is -2.12. The summed E-state index contributed by atoms with van der Waals surface area (Å²) in [6.45, 7) is 4.54. The summed E-state index contributed by atoms with van der Waals surface area (Å²) in [5.41, 5.74) is 16.4. The van der Waals surface area contributed by atoms with Crippen molar-refractivity contribution in [2.75, 3.05) is 4.90 Å². The van der Waals surface area contributed by atoms with Gasteiger partial charge in [-0.2, -0.15) is 0 Å². The van der Waals surface area contributed by atoms with E-state index in [1.165, 1.54) is 115 Å². The highest BCUT2D eigenvalue weighted by molar-refractivity contribution is 6.37. The fraction of sp³-hybridized carbons (Fsp3) is 0.0357. The number of hydrogen-bond acceptors (Lipinski definition) is 1. The molecule has 0 saturated heterocycles. The average molecular weight is 724 g/mol. The maximum Gasteiger partial charge on any atom is 0.0569 e. The molecule has 1 nitrogen and oxygen atoms in total. The molecule has 0 saturated carbocycles. The van der Waals surface area contributed by atoms with Crippen molar-refractivity contribution >= 4 is 70.9 Å². The van der Waals surface area contributed by atoms with Crippen molar-refractivity contribution in [1.82, 2.24) is 0 Å². The Hall–Kier alpha value is -7.22. The van der Waals surface area contributed by atoms with Crippen molar-refractivity contribution < 1.29 is 0 Å². The van der Waals surface area contributed by atoms with Gasteiger partial charge in [0.05, 0.1) is 5.69 Å². The lowest BCUT2D eigenvalue weighted by molar-refractivity contribution is 1.27. The Kier molecular flexibility index (Phi) is 6.83. The second kappa shape index (κ2) is 12.1. The molecule has 12 rings (SSSR count). The largest absolute Gasteiger partial charge is 0.310 e. The number of anilines is 3. The van der Waals surface area contributed by atoms with Crippen molar-refractivity contribution in [3.05, 3.63) is 199 Å². The third-order valence-electron chi connectivity index (χ3n) is 12.4. The summed E-state index contributed by atoms with van der Waals surface area (Å²) in [6.07, 6.45) is 0. The number of nitrogens with zero attached hydrogens (tertiary/aromatic N) is 1. The van der Waals surface area contributed by atoms with Crippen LogP contribution < -0.4 is 4.90 Å². The van der Waals surface area contributed by atoms with Crippen LogP contribution in [0.25, 0.3) is 98.4 Å². The molecular formula is C56H37N. The average Bonchev–Trinajstić information content (AvgIpc) is 3.56. The van der Waals surface area contributed by atoms with E-state index < -0.39 is 0 Å². The number of rotatable bonds is 5. The molecule has 0 heterocycles. The molecule has 57 heavy (non-hydrogen) atoms. The lowest BCUT2D eigenvalue weighted by Gasteiger charge is -2.29. The molecule has 0 bridgehead atoms. The van der Waals surface area contributed by atoms with Gasteiger partial charge < -0.3 is 4.90 Å². The van der Waals surface area contributed by atoms with E-state index >= 15 is 0 Å². The molecule has 0 N–H and O–H groups in total. The van der Waals surface area contributed by atoms with Crippen molar-refractivity contribution in [3.8, 4) is 44.5 Å². The molecule has 11 aromatic rings. The molecule has 0 fully saturated rings. The normalized spacial score (nSPS) is 12.0. The molecule has 1 heteroatoms. The maximum atomic E-state index is 2.52. The highest BCUT2D eigenvalue weighted by Gasteiger charge is 2.29. The van der Waals surface area contributed by atoms with Crippen LogP contribution in [0.15, 0.2) is 188 Å². The molecule has 1 aliphatic carbocycles. The Balaban J connectivity index is 1.18. The van der Waals surface area contributed by atoms with Crippen molar-refractivity contribution in [3.63, 3.8) is 0 Å². The van der Waals surface area contributed by atoms with Gasteiger partial charge in [-0.05, 0) is 166 Å². The Morgan fingerprint density at radius 1 is 0.298 bits per heavy atom. The summed E-state index contributed by atoms with van der Waals surface area (Å²) in [7, 11) is 0. The van der Waals surface area contributed by atoms with Crippen LogP contribution in [0, 0.1) is 13.8 Å². The van der Waals surface area contributed by atoms with Crippen molar-refractivity contribution in [2.24, 2.45) is 0 Å². The molecule has 0 amide bonds. The van der Waals surface area contributed by atoms with E-state index in [0.717, 1.165) is 11.4 Å². The lowest BCUT2D eigenvalue weighted by atomic mass is 9.83. The van der Waals surface area contributed by atoms with E-state index in [1.54, 1.807) is 0 Å². The van der Waals surface area contributed by atoms with Crippen molar-refractivity contribution in [1.29, 1.82) is 0 Å². The molecular weight excluding hydrogens is 687 g/mol. The van der Waals surface area contributed by atoms with E-state index in [4.69, 9.17) is 0 Å². The SMILES string of the molecule is Cc1cc2c3c(cc(C)c(N(c4ccccc4)c4ccccc4)c3c1)-c1cc3c(cc1-2)c1ccc(-c2ccccc2)c2ccc4c(-c5ccccc5)ccc3c4c21. The van der Waals surface area contributed by atoms with Crippen LogP contribution >= 0.6 is 0 Å². The van der Waals surface area contributed by atoms with Gasteiger partial charge in [0.15, 0.2) is 0 Å². The van der Waals surface area contributed by atoms with Crippen LogP contribution in [0.4, 0.5) is 17.1 Å². The van der Waals surface area contributed by atoms with Gasteiger partial charge in [-0.3, -0.25) is 0 Å². The standard InChI is InChI=1S/C56H37N/c1-34-29-50-48-32-46-44-25-23-40(36-15-7-3-8-16-36)42-27-28-43-41(37-17-9-4-10-18-37)24-26-45(55(43)54(42)44)47(46)33-49(48)51-31-35(2)56(52(30-34)53(50)51)57(38-19-11-5-12-20-38)39-21-13-6-14-22-39/h3-33H,1-2H3. The third kappa shape index (κ3) is 4.63. The molecule has 0 unspecified atom stereocenters. The maximum absolute atomic E-state index is 2.52. The Bertz CT molecular complexity index is 3200. The van der Waals surface area contributed by atoms with E-state index in [-0.39, 0.29) is 0 Å². The van der Waals surface area contributed by atoms with Crippen LogP contribution in [-0.2, 0) is 0 Å². The predicted octanol–water partition coefficient (Wildman–Crippen LogP) is 16.0. The highest BCUT2D eigenvalue weighted by atomic mass is 15.1. The summed E-state index contributed by atoms with van der Waals surface area (Å²) in [5, 5.41) is 13.1. The van der Waals surface area contributed by atoms with E-state index in [9.17, 15) is 0 Å². The number of benzene rings is 11. The first-order chi connectivity index (χ1) is 28.1. The zero-order valence-corrected chi connectivity index (χ0v) is 31.8. The van der Waals surface area contributed by atoms with Gasteiger partial charge in [-0.15, -0.1) is 0 Å². The van der Waals surface area contributed by atoms with Gasteiger partial charge in [-0.25, -0.2) is 0 Å². The summed E-state index contributed by atoms with van der Waals surface area (Å²) in [4.78, 5) is 2.44. The molecule has 266 valence electrons. The van der Waals surface area contributed by atoms with Gasteiger partial charge in [-0.1, -0.05) is 140 Å². The minimum atomic E-state index is 1.15. The predicted molar refractivity (Wildman–Crippen MR) is 245 cm³/mol. The fourth-order valence-corrected chi connectivity index (χ4v) is 10.1. The van der Waals surface area contributed by atoms with Crippen LogP contribution in [0.5, 0.6) is 0 Å². The third-order valence-corrected chi connectivity index (χ3v) is 12.4. The zero-order valence-electron chi connectivity index (χ0n) is 31.8. The first-order valence-electron chi connectivity index (χ1n) is 19.9. The molecule has 0 aliphatic heterocycles. The van der Waals surface area contributed by atoms with Crippen LogP contribution in [0.1, 0.15) is 11.1 Å². The second-order valence-corrected chi connectivity index (χ2v) is 15.7. The Labute approximate surface area is 332 Å². The molecule has 0 radical (unpaired) electrons. The van der Waals surface area contributed by atoms with Gasteiger partial charge in [0.1, 0.15) is 0 Å². The fourth-order valence-electron chi connectivity index (χ4n) is 10.1. The first-order valence-corrected chi connectivity index (χ1v) is 19.9. The van der Waals surface area contributed by atoms with Crippen molar-refractivity contribution in [2.45, 2.75) is 13.8 Å². The van der Waals surface area contributed by atoms with E-state index in [0.29, 0.717) is 0 Å².